The van der Waals surface area contributed by atoms with Crippen LogP contribution in [0.1, 0.15) is 69.8 Å². The monoisotopic (exact) mass is 622 g/mol. The minimum absolute atomic E-state index is 0.0233. The predicted molar refractivity (Wildman–Crippen MR) is 166 cm³/mol. The van der Waals surface area contributed by atoms with Gasteiger partial charge >= 0.3 is 5.97 Å². The van der Waals surface area contributed by atoms with Crippen LogP contribution in [-0.2, 0) is 34.4 Å². The third-order valence-electron chi connectivity index (χ3n) is 6.93. The van der Waals surface area contributed by atoms with Gasteiger partial charge in [0.1, 0.15) is 25.9 Å². The summed E-state index contributed by atoms with van der Waals surface area (Å²) in [4.78, 5) is 35.9. The van der Waals surface area contributed by atoms with Crippen LogP contribution >= 0.6 is 7.82 Å². The zero-order valence-electron chi connectivity index (χ0n) is 26.1. The summed E-state index contributed by atoms with van der Waals surface area (Å²) in [5.74, 6) is -0.361. The molecule has 0 radical (unpaired) electrons. The summed E-state index contributed by atoms with van der Waals surface area (Å²) in [6.07, 6.45) is 8.71. The number of hydrogen-bond acceptors (Lipinski definition) is 8. The highest BCUT2D eigenvalue weighted by Crippen LogP contribution is 2.38. The van der Waals surface area contributed by atoms with E-state index < -0.39 is 26.5 Å². The van der Waals surface area contributed by atoms with E-state index in [0.717, 1.165) is 62.3 Å². The van der Waals surface area contributed by atoms with Crippen LogP contribution < -0.4 is 10.2 Å². The molecule has 2 aromatic carbocycles. The molecule has 0 aliphatic carbocycles. The molecule has 0 fully saturated rings. The van der Waals surface area contributed by atoms with Crippen LogP contribution in [0.5, 0.6) is 0 Å². The molecule has 0 bridgehead atoms. The SMILES string of the molecule is C[N+](C)(C)CCOP(=O)([O-])OC[C@@H](O)COC(=O)CCCCCCCCCCCNC(=O)Cc1ccc2ccccc2c1. The van der Waals surface area contributed by atoms with Crippen LogP contribution in [0.2, 0.25) is 0 Å². The Hall–Kier alpha value is -2.33. The van der Waals surface area contributed by atoms with Gasteiger partial charge in [-0.1, -0.05) is 87.4 Å². The Morgan fingerprint density at radius 1 is 0.884 bits per heavy atom. The minimum atomic E-state index is -4.52. The first-order valence-corrected chi connectivity index (χ1v) is 16.9. The highest BCUT2D eigenvalue weighted by molar-refractivity contribution is 7.45. The van der Waals surface area contributed by atoms with Gasteiger partial charge in [-0.15, -0.1) is 0 Å². The van der Waals surface area contributed by atoms with Gasteiger partial charge in [-0.25, -0.2) is 0 Å². The molecule has 43 heavy (non-hydrogen) atoms. The fourth-order valence-corrected chi connectivity index (χ4v) is 5.14. The lowest BCUT2D eigenvalue weighted by atomic mass is 10.0. The van der Waals surface area contributed by atoms with Gasteiger partial charge in [-0.05, 0) is 29.2 Å². The van der Waals surface area contributed by atoms with Crippen molar-refractivity contribution in [3.63, 3.8) is 0 Å². The van der Waals surface area contributed by atoms with Crippen LogP contribution in [0.25, 0.3) is 10.8 Å². The second-order valence-electron chi connectivity index (χ2n) is 12.1. The van der Waals surface area contributed by atoms with Crippen molar-refractivity contribution in [3.05, 3.63) is 48.0 Å². The number of aliphatic hydroxyl groups excluding tert-OH is 1. The van der Waals surface area contributed by atoms with Gasteiger partial charge in [0, 0.05) is 13.0 Å². The zero-order chi connectivity index (χ0) is 31.6. The first-order chi connectivity index (χ1) is 20.4. The van der Waals surface area contributed by atoms with Crippen LogP contribution in [-0.4, -0.2) is 81.6 Å². The number of aliphatic hydroxyl groups is 1. The number of benzene rings is 2. The first-order valence-electron chi connectivity index (χ1n) is 15.4. The molecule has 0 saturated heterocycles. The Kier molecular flexibility index (Phi) is 17.0. The number of unbranched alkanes of at least 4 members (excludes halogenated alkanes) is 8. The fraction of sp³-hybridized carbons (Fsp3) is 0.625. The molecule has 1 amide bonds. The average molecular weight is 623 g/mol. The van der Waals surface area contributed by atoms with Crippen LogP contribution in [0.15, 0.2) is 42.5 Å². The molecule has 10 nitrogen and oxygen atoms in total. The summed E-state index contributed by atoms with van der Waals surface area (Å²) in [5, 5.41) is 15.2. The van der Waals surface area contributed by atoms with Crippen molar-refractivity contribution in [2.24, 2.45) is 0 Å². The quantitative estimate of drug-likeness (QED) is 0.0801. The Labute approximate surface area is 256 Å². The molecular weight excluding hydrogens is 571 g/mol. The van der Waals surface area contributed by atoms with Crippen molar-refractivity contribution in [2.45, 2.75) is 76.7 Å². The number of phosphoric acid groups is 1. The summed E-state index contributed by atoms with van der Waals surface area (Å²) in [7, 11) is 1.20. The van der Waals surface area contributed by atoms with E-state index in [1.165, 1.54) is 5.39 Å². The van der Waals surface area contributed by atoms with Crippen LogP contribution in [0.4, 0.5) is 0 Å². The number of ether oxygens (including phenoxy) is 1. The molecule has 0 spiro atoms. The molecular formula is C32H51N2O8P. The Morgan fingerprint density at radius 2 is 1.51 bits per heavy atom. The van der Waals surface area contributed by atoms with Crippen molar-refractivity contribution in [3.8, 4) is 0 Å². The molecule has 0 aliphatic heterocycles. The number of nitrogens with zero attached hydrogens (tertiary/aromatic N) is 1. The largest absolute Gasteiger partial charge is 0.756 e. The van der Waals surface area contributed by atoms with E-state index >= 15 is 0 Å². The maximum absolute atomic E-state index is 12.2. The van der Waals surface area contributed by atoms with E-state index in [-0.39, 0.29) is 25.5 Å². The summed E-state index contributed by atoms with van der Waals surface area (Å²) < 4.78 is 26.7. The molecule has 0 aromatic heterocycles. The number of hydrogen-bond donors (Lipinski definition) is 2. The van der Waals surface area contributed by atoms with E-state index in [4.69, 9.17) is 9.26 Å². The second-order valence-corrected chi connectivity index (χ2v) is 13.5. The molecule has 2 aromatic rings. The summed E-state index contributed by atoms with van der Waals surface area (Å²) in [5.41, 5.74) is 1.03. The lowest BCUT2D eigenvalue weighted by molar-refractivity contribution is -0.870. The summed E-state index contributed by atoms with van der Waals surface area (Å²) in [6.45, 7) is 0.305. The number of quaternary nitrogens is 1. The van der Waals surface area contributed by atoms with Gasteiger partial charge in [-0.2, -0.15) is 0 Å². The number of carbonyl (C=O) groups excluding carboxylic acids is 2. The molecule has 2 N–H and O–H groups in total. The summed E-state index contributed by atoms with van der Waals surface area (Å²) in [6, 6.07) is 14.3. The lowest BCUT2D eigenvalue weighted by Crippen LogP contribution is -2.37. The van der Waals surface area contributed by atoms with Gasteiger partial charge in [0.25, 0.3) is 7.82 Å². The number of likely N-dealkylation sites (N-methyl/N-ethyl adjacent to an activating group) is 1. The minimum Gasteiger partial charge on any atom is -0.756 e. The predicted octanol–water partition coefficient (Wildman–Crippen LogP) is 4.51. The van der Waals surface area contributed by atoms with Gasteiger partial charge in [-0.3, -0.25) is 14.2 Å². The molecule has 2 rings (SSSR count). The third kappa shape index (κ3) is 18.2. The number of carbonyl (C=O) groups is 2. The molecule has 1 unspecified atom stereocenters. The van der Waals surface area contributed by atoms with Crippen molar-refractivity contribution in [1.82, 2.24) is 5.32 Å². The van der Waals surface area contributed by atoms with Crippen LogP contribution in [0, 0.1) is 0 Å². The topological polar surface area (TPSA) is 134 Å². The number of fused-ring (bicyclic) bond motifs is 1. The van der Waals surface area contributed by atoms with Crippen molar-refractivity contribution >= 4 is 30.5 Å². The Bertz CT molecular complexity index is 1150. The number of rotatable bonds is 23. The molecule has 0 heterocycles. The smallest absolute Gasteiger partial charge is 0.305 e. The van der Waals surface area contributed by atoms with Gasteiger partial charge in [0.15, 0.2) is 0 Å². The Morgan fingerprint density at radius 3 is 2.19 bits per heavy atom. The number of phosphoric ester groups is 1. The fourth-order valence-electron chi connectivity index (χ4n) is 4.41. The van der Waals surface area contributed by atoms with Gasteiger partial charge < -0.3 is 33.6 Å². The lowest BCUT2D eigenvalue weighted by Gasteiger charge is -2.27. The van der Waals surface area contributed by atoms with Crippen LogP contribution in [0.3, 0.4) is 0 Å². The van der Waals surface area contributed by atoms with E-state index in [1.807, 2.05) is 39.3 Å². The summed E-state index contributed by atoms with van der Waals surface area (Å²) >= 11 is 0. The Balaban J connectivity index is 1.37. The highest BCUT2D eigenvalue weighted by atomic mass is 31.2. The van der Waals surface area contributed by atoms with Crippen molar-refractivity contribution < 1.29 is 42.4 Å². The highest BCUT2D eigenvalue weighted by Gasteiger charge is 2.17. The molecule has 11 heteroatoms. The van der Waals surface area contributed by atoms with Gasteiger partial charge in [0.05, 0.1) is 34.2 Å². The number of nitrogens with one attached hydrogen (secondary N) is 1. The molecule has 2 atom stereocenters. The average Bonchev–Trinajstić information content (AvgIpc) is 2.94. The number of esters is 1. The maximum Gasteiger partial charge on any atom is 0.305 e. The number of amides is 1. The molecule has 0 aliphatic rings. The first kappa shape index (κ1) is 36.9. The van der Waals surface area contributed by atoms with E-state index in [2.05, 4.69) is 34.1 Å². The zero-order valence-corrected chi connectivity index (χ0v) is 27.0. The van der Waals surface area contributed by atoms with Crippen molar-refractivity contribution in [2.75, 3.05) is 54.1 Å². The maximum atomic E-state index is 12.2. The molecule has 0 saturated carbocycles. The molecule has 242 valence electrons. The van der Waals surface area contributed by atoms with Gasteiger partial charge in [0.2, 0.25) is 5.91 Å². The third-order valence-corrected chi connectivity index (χ3v) is 7.90. The second kappa shape index (κ2) is 19.8. The van der Waals surface area contributed by atoms with E-state index in [0.29, 0.717) is 30.4 Å². The normalized spacial score (nSPS) is 13.9. The van der Waals surface area contributed by atoms with E-state index in [1.54, 1.807) is 0 Å². The standard InChI is InChI=1S/C32H51N2O8P/c1-34(2,3)21-22-41-43(38,39)42-26-30(35)25-40-32(37)17-11-9-7-5-4-6-8-10-14-20-33-31(36)24-27-18-19-28-15-12-13-16-29(28)23-27/h12-13,15-16,18-19,23,30,35H,4-11,14,17,20-22,24-26H2,1-3H3,(H-,33,36,38,39)/t30-/m0/s1. The van der Waals surface area contributed by atoms with Crippen molar-refractivity contribution in [1.29, 1.82) is 0 Å². The van der Waals surface area contributed by atoms with E-state index in [9.17, 15) is 24.2 Å².